The van der Waals surface area contributed by atoms with E-state index < -0.39 is 10.0 Å². The zero-order valence-corrected chi connectivity index (χ0v) is 15.4. The average Bonchev–Trinajstić information content (AvgIpc) is 2.54. The van der Waals surface area contributed by atoms with Crippen LogP contribution in [-0.2, 0) is 19.6 Å². The van der Waals surface area contributed by atoms with Crippen molar-refractivity contribution in [2.24, 2.45) is 0 Å². The fraction of sp³-hybridized carbons (Fsp3) is 0.588. The number of piperazine rings is 1. The highest BCUT2D eigenvalue weighted by Crippen LogP contribution is 2.22. The number of rotatable bonds is 6. The van der Waals surface area contributed by atoms with Crippen LogP contribution in [0.15, 0.2) is 23.1 Å². The standard InChI is InChI=1S/C17H26N2O4S/c1-4-11-23-13-17(20)18-7-9-19(10-8-18)24(21,22)16-6-5-14(2)12-15(16)3/h5-6,12H,4,7-11,13H2,1-3H3. The molecule has 0 atom stereocenters. The van der Waals surface area contributed by atoms with Crippen molar-refractivity contribution in [1.29, 1.82) is 0 Å². The highest BCUT2D eigenvalue weighted by molar-refractivity contribution is 7.89. The van der Waals surface area contributed by atoms with Crippen LogP contribution < -0.4 is 0 Å². The molecule has 0 unspecified atom stereocenters. The minimum absolute atomic E-state index is 0.0671. The number of aryl methyl sites for hydroxylation is 2. The number of hydrogen-bond acceptors (Lipinski definition) is 4. The predicted octanol–water partition coefficient (Wildman–Crippen LogP) is 1.56. The molecule has 24 heavy (non-hydrogen) atoms. The molecule has 7 heteroatoms. The van der Waals surface area contributed by atoms with Crippen LogP contribution in [-0.4, -0.2) is 62.9 Å². The van der Waals surface area contributed by atoms with E-state index in [0.717, 1.165) is 17.5 Å². The first-order valence-electron chi connectivity index (χ1n) is 8.29. The Balaban J connectivity index is 1.99. The Labute approximate surface area is 144 Å². The molecule has 0 N–H and O–H groups in total. The zero-order valence-electron chi connectivity index (χ0n) is 14.6. The van der Waals surface area contributed by atoms with Gasteiger partial charge in [0.2, 0.25) is 15.9 Å². The molecular weight excluding hydrogens is 328 g/mol. The van der Waals surface area contributed by atoms with Gasteiger partial charge >= 0.3 is 0 Å². The minimum Gasteiger partial charge on any atom is -0.372 e. The summed E-state index contributed by atoms with van der Waals surface area (Å²) in [6.45, 7) is 7.80. The van der Waals surface area contributed by atoms with Gasteiger partial charge in [-0.15, -0.1) is 0 Å². The van der Waals surface area contributed by atoms with Crippen LogP contribution in [0, 0.1) is 13.8 Å². The lowest BCUT2D eigenvalue weighted by atomic mass is 10.2. The molecule has 1 aliphatic heterocycles. The van der Waals surface area contributed by atoms with Crippen LogP contribution in [0.4, 0.5) is 0 Å². The Morgan fingerprint density at radius 3 is 2.42 bits per heavy atom. The maximum absolute atomic E-state index is 12.8. The van der Waals surface area contributed by atoms with E-state index in [1.807, 2.05) is 32.9 Å². The minimum atomic E-state index is -3.52. The van der Waals surface area contributed by atoms with E-state index in [1.165, 1.54) is 4.31 Å². The normalized spacial score (nSPS) is 16.4. The number of hydrogen-bond donors (Lipinski definition) is 0. The number of carbonyl (C=O) groups is 1. The Kier molecular flexibility index (Phi) is 6.37. The molecular formula is C17H26N2O4S. The molecule has 1 saturated heterocycles. The summed E-state index contributed by atoms with van der Waals surface area (Å²) in [5, 5.41) is 0. The molecule has 6 nitrogen and oxygen atoms in total. The van der Waals surface area contributed by atoms with Gasteiger partial charge in [-0.1, -0.05) is 24.6 Å². The van der Waals surface area contributed by atoms with Gasteiger partial charge in [0, 0.05) is 32.8 Å². The van der Waals surface area contributed by atoms with E-state index in [4.69, 9.17) is 4.74 Å². The van der Waals surface area contributed by atoms with Crippen molar-refractivity contribution < 1.29 is 17.9 Å². The van der Waals surface area contributed by atoms with Gasteiger partial charge < -0.3 is 9.64 Å². The van der Waals surface area contributed by atoms with E-state index in [1.54, 1.807) is 11.0 Å². The fourth-order valence-corrected chi connectivity index (χ4v) is 4.43. The topological polar surface area (TPSA) is 66.9 Å². The molecule has 0 aliphatic carbocycles. The number of benzene rings is 1. The smallest absolute Gasteiger partial charge is 0.248 e. The monoisotopic (exact) mass is 354 g/mol. The summed E-state index contributed by atoms with van der Waals surface area (Å²) in [5.74, 6) is -0.0768. The van der Waals surface area contributed by atoms with Crippen LogP contribution in [0.25, 0.3) is 0 Å². The largest absolute Gasteiger partial charge is 0.372 e. The number of sulfonamides is 1. The number of ether oxygens (including phenoxy) is 1. The molecule has 2 rings (SSSR count). The maximum atomic E-state index is 12.8. The van der Waals surface area contributed by atoms with Crippen molar-refractivity contribution in [3.8, 4) is 0 Å². The number of carbonyl (C=O) groups excluding carboxylic acids is 1. The summed E-state index contributed by atoms with van der Waals surface area (Å²) in [5.41, 5.74) is 1.79. The summed E-state index contributed by atoms with van der Waals surface area (Å²) in [6.07, 6.45) is 0.870. The Hall–Kier alpha value is -1.44. The number of amides is 1. The SMILES string of the molecule is CCCOCC(=O)N1CCN(S(=O)(=O)c2ccc(C)cc2C)CC1. The Morgan fingerprint density at radius 2 is 1.83 bits per heavy atom. The molecule has 0 spiro atoms. The summed E-state index contributed by atoms with van der Waals surface area (Å²) < 4.78 is 32.3. The molecule has 0 radical (unpaired) electrons. The van der Waals surface area contributed by atoms with Crippen LogP contribution in [0.2, 0.25) is 0 Å². The van der Waals surface area contributed by atoms with Gasteiger partial charge in [0.25, 0.3) is 0 Å². The second-order valence-corrected chi connectivity index (χ2v) is 8.01. The van der Waals surface area contributed by atoms with Gasteiger partial charge in [0.15, 0.2) is 0 Å². The molecule has 1 aliphatic rings. The first kappa shape index (κ1) is 18.9. The first-order valence-corrected chi connectivity index (χ1v) is 9.73. The van der Waals surface area contributed by atoms with Gasteiger partial charge in [-0.05, 0) is 31.9 Å². The molecule has 1 heterocycles. The summed E-state index contributed by atoms with van der Waals surface area (Å²) >= 11 is 0. The summed E-state index contributed by atoms with van der Waals surface area (Å²) in [6, 6.07) is 5.35. The van der Waals surface area contributed by atoms with Crippen molar-refractivity contribution in [2.75, 3.05) is 39.4 Å². The van der Waals surface area contributed by atoms with Crippen LogP contribution in [0.3, 0.4) is 0 Å². The van der Waals surface area contributed by atoms with E-state index in [0.29, 0.717) is 37.7 Å². The second-order valence-electron chi connectivity index (χ2n) is 6.11. The summed E-state index contributed by atoms with van der Waals surface area (Å²) in [7, 11) is -3.52. The highest BCUT2D eigenvalue weighted by atomic mass is 32.2. The molecule has 1 amide bonds. The van der Waals surface area contributed by atoms with Crippen molar-refractivity contribution >= 4 is 15.9 Å². The van der Waals surface area contributed by atoms with Gasteiger partial charge in [-0.25, -0.2) is 8.42 Å². The first-order chi connectivity index (χ1) is 11.4. The van der Waals surface area contributed by atoms with Crippen molar-refractivity contribution in [1.82, 2.24) is 9.21 Å². The van der Waals surface area contributed by atoms with E-state index in [2.05, 4.69) is 0 Å². The summed E-state index contributed by atoms with van der Waals surface area (Å²) in [4.78, 5) is 14.0. The molecule has 1 fully saturated rings. The van der Waals surface area contributed by atoms with Gasteiger partial charge in [0.1, 0.15) is 6.61 Å². The molecule has 134 valence electrons. The van der Waals surface area contributed by atoms with Crippen molar-refractivity contribution in [3.05, 3.63) is 29.3 Å². The predicted molar refractivity (Wildman–Crippen MR) is 92.4 cm³/mol. The lowest BCUT2D eigenvalue weighted by molar-refractivity contribution is -0.137. The fourth-order valence-electron chi connectivity index (χ4n) is 2.80. The highest BCUT2D eigenvalue weighted by Gasteiger charge is 2.30. The zero-order chi connectivity index (χ0) is 17.7. The van der Waals surface area contributed by atoms with Gasteiger partial charge in [-0.2, -0.15) is 4.31 Å². The maximum Gasteiger partial charge on any atom is 0.248 e. The van der Waals surface area contributed by atoms with Crippen LogP contribution in [0.5, 0.6) is 0 Å². The van der Waals surface area contributed by atoms with E-state index in [-0.39, 0.29) is 12.5 Å². The van der Waals surface area contributed by atoms with Gasteiger partial charge in [0.05, 0.1) is 4.90 Å². The molecule has 1 aromatic carbocycles. The van der Waals surface area contributed by atoms with Crippen molar-refractivity contribution in [3.63, 3.8) is 0 Å². The van der Waals surface area contributed by atoms with E-state index in [9.17, 15) is 13.2 Å². The number of nitrogens with zero attached hydrogens (tertiary/aromatic N) is 2. The third-order valence-corrected chi connectivity index (χ3v) is 6.17. The third-order valence-electron chi connectivity index (χ3n) is 4.11. The quantitative estimate of drug-likeness (QED) is 0.727. The third kappa shape index (κ3) is 4.34. The van der Waals surface area contributed by atoms with E-state index >= 15 is 0 Å². The Morgan fingerprint density at radius 1 is 1.17 bits per heavy atom. The average molecular weight is 354 g/mol. The van der Waals surface area contributed by atoms with Crippen molar-refractivity contribution in [2.45, 2.75) is 32.1 Å². The lowest BCUT2D eigenvalue weighted by Crippen LogP contribution is -2.51. The molecule has 0 saturated carbocycles. The molecule has 0 aromatic heterocycles. The lowest BCUT2D eigenvalue weighted by Gasteiger charge is -2.34. The van der Waals surface area contributed by atoms with Gasteiger partial charge in [-0.3, -0.25) is 4.79 Å². The van der Waals surface area contributed by atoms with Crippen LogP contribution in [0.1, 0.15) is 24.5 Å². The van der Waals surface area contributed by atoms with Crippen LogP contribution >= 0.6 is 0 Å². The molecule has 1 aromatic rings. The molecule has 0 bridgehead atoms. The second kappa shape index (κ2) is 8.09. The Bertz CT molecular complexity index is 680.